The second kappa shape index (κ2) is 4.09. The summed E-state index contributed by atoms with van der Waals surface area (Å²) in [6.45, 7) is 0. The fourth-order valence-electron chi connectivity index (χ4n) is 1.36. The Morgan fingerprint density at radius 1 is 1.19 bits per heavy atom. The molecule has 16 heavy (non-hydrogen) atoms. The van der Waals surface area contributed by atoms with Gasteiger partial charge < -0.3 is 10.3 Å². The predicted molar refractivity (Wildman–Crippen MR) is 64.9 cm³/mol. The topological polar surface area (TPSA) is 54.7 Å². The summed E-state index contributed by atoms with van der Waals surface area (Å²) < 4.78 is 1.73. The van der Waals surface area contributed by atoms with Crippen molar-refractivity contribution in [2.24, 2.45) is 0 Å². The lowest BCUT2D eigenvalue weighted by Gasteiger charge is -2.03. The standard InChI is InChI=1S/C11H7Cl2N3/c12-9-2-1-8(3-10(9)13)16-5-7(4-14)11(15)6-16/h1-3,5-6H,15H2. The Labute approximate surface area is 103 Å². The third kappa shape index (κ3) is 1.85. The van der Waals surface area contributed by atoms with E-state index in [9.17, 15) is 0 Å². The van der Waals surface area contributed by atoms with Crippen molar-refractivity contribution in [2.45, 2.75) is 0 Å². The predicted octanol–water partition coefficient (Wildman–Crippen LogP) is 3.24. The number of hydrogen-bond donors (Lipinski definition) is 1. The van der Waals surface area contributed by atoms with Crippen LogP contribution in [0.2, 0.25) is 10.0 Å². The number of nitrogens with two attached hydrogens (primary N) is 1. The number of halogens is 2. The van der Waals surface area contributed by atoms with E-state index in [1.165, 1.54) is 0 Å². The van der Waals surface area contributed by atoms with Crippen LogP contribution in [0.3, 0.4) is 0 Å². The van der Waals surface area contributed by atoms with Gasteiger partial charge in [-0.3, -0.25) is 0 Å². The van der Waals surface area contributed by atoms with Gasteiger partial charge in [0, 0.05) is 18.1 Å². The maximum Gasteiger partial charge on any atom is 0.103 e. The first-order valence-corrected chi connectivity index (χ1v) is 5.20. The molecule has 0 spiro atoms. The maximum absolute atomic E-state index is 8.79. The van der Waals surface area contributed by atoms with Crippen LogP contribution in [0.15, 0.2) is 30.6 Å². The summed E-state index contributed by atoms with van der Waals surface area (Å²) in [6.07, 6.45) is 3.31. The minimum absolute atomic E-state index is 0.436. The molecule has 5 heteroatoms. The van der Waals surface area contributed by atoms with Crippen molar-refractivity contribution < 1.29 is 0 Å². The molecular formula is C11H7Cl2N3. The van der Waals surface area contributed by atoms with Crippen LogP contribution in [0, 0.1) is 11.3 Å². The number of benzene rings is 1. The zero-order valence-electron chi connectivity index (χ0n) is 8.11. The van der Waals surface area contributed by atoms with Gasteiger partial charge in [-0.15, -0.1) is 0 Å². The van der Waals surface area contributed by atoms with Crippen LogP contribution < -0.4 is 5.73 Å². The zero-order chi connectivity index (χ0) is 11.7. The molecule has 1 aromatic heterocycles. The van der Waals surface area contributed by atoms with Crippen LogP contribution in [-0.4, -0.2) is 4.57 Å². The van der Waals surface area contributed by atoms with E-state index < -0.39 is 0 Å². The Kier molecular flexibility index (Phi) is 2.78. The molecule has 0 radical (unpaired) electrons. The van der Waals surface area contributed by atoms with Crippen LogP contribution in [0.5, 0.6) is 0 Å². The van der Waals surface area contributed by atoms with Crippen LogP contribution in [0.25, 0.3) is 5.69 Å². The number of nitriles is 1. The fourth-order valence-corrected chi connectivity index (χ4v) is 1.65. The van der Waals surface area contributed by atoms with Gasteiger partial charge in [-0.05, 0) is 18.2 Å². The average molecular weight is 252 g/mol. The number of anilines is 1. The van der Waals surface area contributed by atoms with E-state index >= 15 is 0 Å². The van der Waals surface area contributed by atoms with Crippen molar-refractivity contribution in [1.82, 2.24) is 4.57 Å². The molecule has 1 aromatic carbocycles. The first-order valence-electron chi connectivity index (χ1n) is 4.45. The monoisotopic (exact) mass is 251 g/mol. The number of hydrogen-bond acceptors (Lipinski definition) is 2. The van der Waals surface area contributed by atoms with E-state index in [1.54, 1.807) is 35.2 Å². The highest BCUT2D eigenvalue weighted by Gasteiger charge is 2.05. The number of aromatic nitrogens is 1. The van der Waals surface area contributed by atoms with E-state index in [-0.39, 0.29) is 0 Å². The molecule has 0 saturated heterocycles. The highest BCUT2D eigenvalue weighted by molar-refractivity contribution is 6.42. The SMILES string of the molecule is N#Cc1cn(-c2ccc(Cl)c(Cl)c2)cc1N. The van der Waals surface area contributed by atoms with Gasteiger partial charge in [0.25, 0.3) is 0 Å². The third-order valence-corrected chi connectivity index (χ3v) is 2.92. The Bertz CT molecular complexity index is 581. The van der Waals surface area contributed by atoms with E-state index in [0.717, 1.165) is 5.69 Å². The van der Waals surface area contributed by atoms with Gasteiger partial charge in [0.15, 0.2) is 0 Å². The van der Waals surface area contributed by atoms with E-state index in [1.807, 2.05) is 6.07 Å². The highest BCUT2D eigenvalue weighted by atomic mass is 35.5. The molecule has 0 amide bonds. The molecule has 0 aliphatic carbocycles. The van der Waals surface area contributed by atoms with Gasteiger partial charge in [0.2, 0.25) is 0 Å². The molecule has 3 nitrogen and oxygen atoms in total. The van der Waals surface area contributed by atoms with Crippen LogP contribution in [0.1, 0.15) is 5.56 Å². The lowest BCUT2D eigenvalue weighted by molar-refractivity contribution is 1.08. The Morgan fingerprint density at radius 2 is 1.94 bits per heavy atom. The van der Waals surface area contributed by atoms with Crippen molar-refractivity contribution in [3.8, 4) is 11.8 Å². The minimum atomic E-state index is 0.436. The largest absolute Gasteiger partial charge is 0.396 e. The van der Waals surface area contributed by atoms with Gasteiger partial charge in [0.1, 0.15) is 6.07 Å². The molecule has 0 saturated carbocycles. The van der Waals surface area contributed by atoms with Crippen LogP contribution in [0.4, 0.5) is 5.69 Å². The van der Waals surface area contributed by atoms with Crippen molar-refractivity contribution in [1.29, 1.82) is 5.26 Å². The van der Waals surface area contributed by atoms with Gasteiger partial charge in [-0.1, -0.05) is 23.2 Å². The van der Waals surface area contributed by atoms with E-state index in [0.29, 0.717) is 21.3 Å². The summed E-state index contributed by atoms with van der Waals surface area (Å²) in [5.74, 6) is 0. The van der Waals surface area contributed by atoms with Gasteiger partial charge in [-0.25, -0.2) is 0 Å². The summed E-state index contributed by atoms with van der Waals surface area (Å²) in [4.78, 5) is 0. The second-order valence-corrected chi connectivity index (χ2v) is 4.06. The lowest BCUT2D eigenvalue weighted by Crippen LogP contribution is -1.89. The molecule has 0 unspecified atom stereocenters. The maximum atomic E-state index is 8.79. The third-order valence-electron chi connectivity index (χ3n) is 2.18. The number of nitrogen functional groups attached to an aromatic ring is 1. The average Bonchev–Trinajstić information content (AvgIpc) is 2.64. The Hall–Kier alpha value is -1.63. The molecule has 80 valence electrons. The molecule has 0 aliphatic heterocycles. The minimum Gasteiger partial charge on any atom is -0.396 e. The molecule has 0 atom stereocenters. The first kappa shape index (κ1) is 10.9. The first-order chi connectivity index (χ1) is 7.61. The molecule has 2 aromatic rings. The summed E-state index contributed by atoms with van der Waals surface area (Å²) in [7, 11) is 0. The van der Waals surface area contributed by atoms with Crippen molar-refractivity contribution in [3.05, 3.63) is 46.2 Å². The molecule has 0 fully saturated rings. The van der Waals surface area contributed by atoms with E-state index in [4.69, 9.17) is 34.2 Å². The Morgan fingerprint density at radius 3 is 2.50 bits per heavy atom. The summed E-state index contributed by atoms with van der Waals surface area (Å²) in [5, 5.41) is 9.74. The molecule has 1 heterocycles. The smallest absolute Gasteiger partial charge is 0.103 e. The highest BCUT2D eigenvalue weighted by Crippen LogP contribution is 2.25. The fraction of sp³-hybridized carbons (Fsp3) is 0. The normalized spacial score (nSPS) is 10.1. The molecule has 0 aliphatic rings. The Balaban J connectivity index is 2.51. The molecule has 2 rings (SSSR count). The molecule has 2 N–H and O–H groups in total. The summed E-state index contributed by atoms with van der Waals surface area (Å²) in [5.41, 5.74) is 7.34. The molecular weight excluding hydrogens is 245 g/mol. The lowest BCUT2D eigenvalue weighted by atomic mass is 10.3. The zero-order valence-corrected chi connectivity index (χ0v) is 9.63. The second-order valence-electron chi connectivity index (χ2n) is 3.24. The van der Waals surface area contributed by atoms with Crippen LogP contribution in [-0.2, 0) is 0 Å². The summed E-state index contributed by atoms with van der Waals surface area (Å²) >= 11 is 11.7. The molecule has 0 bridgehead atoms. The quantitative estimate of drug-likeness (QED) is 0.846. The van der Waals surface area contributed by atoms with Crippen molar-refractivity contribution >= 4 is 28.9 Å². The van der Waals surface area contributed by atoms with Crippen molar-refractivity contribution in [2.75, 3.05) is 5.73 Å². The van der Waals surface area contributed by atoms with Crippen molar-refractivity contribution in [3.63, 3.8) is 0 Å². The summed E-state index contributed by atoms with van der Waals surface area (Å²) in [6, 6.07) is 7.22. The van der Waals surface area contributed by atoms with Gasteiger partial charge >= 0.3 is 0 Å². The van der Waals surface area contributed by atoms with Gasteiger partial charge in [0.05, 0.1) is 21.3 Å². The van der Waals surface area contributed by atoms with Crippen LogP contribution >= 0.6 is 23.2 Å². The van der Waals surface area contributed by atoms with Gasteiger partial charge in [-0.2, -0.15) is 5.26 Å². The number of nitrogens with zero attached hydrogens (tertiary/aromatic N) is 2. The van der Waals surface area contributed by atoms with E-state index in [2.05, 4.69) is 0 Å². The number of rotatable bonds is 1.